The largest absolute Gasteiger partial charge is 0.494 e. The van der Waals surface area contributed by atoms with Gasteiger partial charge in [-0.3, -0.25) is 9.78 Å². The first-order chi connectivity index (χ1) is 8.11. The van der Waals surface area contributed by atoms with Crippen molar-refractivity contribution in [2.24, 2.45) is 0 Å². The first-order valence-corrected chi connectivity index (χ1v) is 5.43. The van der Waals surface area contributed by atoms with E-state index in [4.69, 9.17) is 4.74 Å². The predicted molar refractivity (Wildman–Crippen MR) is 67.8 cm³/mol. The molecule has 0 amide bonds. The van der Waals surface area contributed by atoms with Crippen LogP contribution in [0, 0.1) is 6.92 Å². The monoisotopic (exact) mass is 230 g/mol. The van der Waals surface area contributed by atoms with Gasteiger partial charge in [0.05, 0.1) is 17.6 Å². The van der Waals surface area contributed by atoms with Crippen LogP contribution in [0.2, 0.25) is 0 Å². The molecule has 17 heavy (non-hydrogen) atoms. The molecule has 0 radical (unpaired) electrons. The standard InChI is InChI=1S/C13H14N2O2/c1-4-17-9(3)10-6-12-11(14-7-10)5-8(2)13(16)15-12/h5-7H,3-4H2,1-2H3,(H,15,16). The van der Waals surface area contributed by atoms with E-state index in [1.165, 1.54) is 0 Å². The van der Waals surface area contributed by atoms with Gasteiger partial charge >= 0.3 is 0 Å². The summed E-state index contributed by atoms with van der Waals surface area (Å²) in [5.74, 6) is 0.559. The smallest absolute Gasteiger partial charge is 0.251 e. The number of aromatic amines is 1. The maximum atomic E-state index is 11.5. The second-order valence-electron chi connectivity index (χ2n) is 3.79. The van der Waals surface area contributed by atoms with E-state index in [9.17, 15) is 4.79 Å². The predicted octanol–water partition coefficient (Wildman–Crippen LogP) is 2.24. The highest BCUT2D eigenvalue weighted by Crippen LogP contribution is 2.17. The lowest BCUT2D eigenvalue weighted by Gasteiger charge is -2.07. The van der Waals surface area contributed by atoms with Crippen molar-refractivity contribution in [2.45, 2.75) is 13.8 Å². The highest BCUT2D eigenvalue weighted by atomic mass is 16.5. The van der Waals surface area contributed by atoms with Crippen LogP contribution in [0.4, 0.5) is 0 Å². The summed E-state index contributed by atoms with van der Waals surface area (Å²) in [4.78, 5) is 18.6. The molecule has 0 aliphatic carbocycles. The number of aryl methyl sites for hydroxylation is 1. The Morgan fingerprint density at radius 2 is 2.29 bits per heavy atom. The third-order valence-corrected chi connectivity index (χ3v) is 2.52. The molecule has 0 spiro atoms. The van der Waals surface area contributed by atoms with Crippen molar-refractivity contribution in [3.05, 3.63) is 46.4 Å². The highest BCUT2D eigenvalue weighted by molar-refractivity contribution is 5.78. The van der Waals surface area contributed by atoms with Crippen molar-refractivity contribution >= 4 is 16.8 Å². The minimum absolute atomic E-state index is 0.0986. The maximum absolute atomic E-state index is 11.5. The third kappa shape index (κ3) is 2.20. The summed E-state index contributed by atoms with van der Waals surface area (Å²) in [5, 5.41) is 0. The van der Waals surface area contributed by atoms with Gasteiger partial charge in [-0.2, -0.15) is 0 Å². The first kappa shape index (κ1) is 11.4. The Balaban J connectivity index is 2.54. The Bertz CT molecular complexity index is 629. The van der Waals surface area contributed by atoms with Gasteiger partial charge < -0.3 is 9.72 Å². The van der Waals surface area contributed by atoms with E-state index in [-0.39, 0.29) is 5.56 Å². The molecule has 2 aromatic heterocycles. The van der Waals surface area contributed by atoms with Crippen molar-refractivity contribution in [3.8, 4) is 0 Å². The van der Waals surface area contributed by atoms with E-state index in [1.54, 1.807) is 19.2 Å². The summed E-state index contributed by atoms with van der Waals surface area (Å²) in [5.41, 5.74) is 2.79. The molecular weight excluding hydrogens is 216 g/mol. The molecule has 0 saturated carbocycles. The van der Waals surface area contributed by atoms with Crippen LogP contribution >= 0.6 is 0 Å². The van der Waals surface area contributed by atoms with Gasteiger partial charge in [0.25, 0.3) is 5.56 Å². The van der Waals surface area contributed by atoms with Crippen molar-refractivity contribution in [1.82, 2.24) is 9.97 Å². The van der Waals surface area contributed by atoms with E-state index < -0.39 is 0 Å². The van der Waals surface area contributed by atoms with E-state index >= 15 is 0 Å². The van der Waals surface area contributed by atoms with Gasteiger partial charge in [0, 0.05) is 17.3 Å². The third-order valence-electron chi connectivity index (χ3n) is 2.52. The minimum Gasteiger partial charge on any atom is -0.494 e. The number of rotatable bonds is 3. The lowest BCUT2D eigenvalue weighted by Crippen LogP contribution is -2.09. The Morgan fingerprint density at radius 3 is 3.00 bits per heavy atom. The van der Waals surface area contributed by atoms with Gasteiger partial charge in [-0.25, -0.2) is 0 Å². The molecule has 0 fully saturated rings. The summed E-state index contributed by atoms with van der Waals surface area (Å²) >= 11 is 0. The number of hydrogen-bond acceptors (Lipinski definition) is 3. The van der Waals surface area contributed by atoms with Gasteiger partial charge in [-0.15, -0.1) is 0 Å². The Kier molecular flexibility index (Phi) is 2.95. The summed E-state index contributed by atoms with van der Waals surface area (Å²) in [6, 6.07) is 3.59. The number of H-pyrrole nitrogens is 1. The Morgan fingerprint density at radius 1 is 1.53 bits per heavy atom. The molecule has 88 valence electrons. The molecule has 2 heterocycles. The number of fused-ring (bicyclic) bond motifs is 1. The van der Waals surface area contributed by atoms with E-state index in [0.717, 1.165) is 11.1 Å². The molecule has 0 bridgehead atoms. The molecule has 4 heteroatoms. The van der Waals surface area contributed by atoms with Crippen LogP contribution < -0.4 is 5.56 Å². The molecule has 0 saturated heterocycles. The van der Waals surface area contributed by atoms with Gasteiger partial charge in [-0.05, 0) is 26.0 Å². The molecule has 4 nitrogen and oxygen atoms in total. The van der Waals surface area contributed by atoms with Crippen LogP contribution in [0.1, 0.15) is 18.1 Å². The number of aromatic nitrogens is 2. The fourth-order valence-corrected chi connectivity index (χ4v) is 1.59. The fraction of sp³-hybridized carbons (Fsp3) is 0.231. The van der Waals surface area contributed by atoms with Gasteiger partial charge in [-0.1, -0.05) is 6.58 Å². The summed E-state index contributed by atoms with van der Waals surface area (Å²) in [7, 11) is 0. The van der Waals surface area contributed by atoms with Crippen LogP contribution in [0.25, 0.3) is 16.8 Å². The minimum atomic E-state index is -0.0986. The summed E-state index contributed by atoms with van der Waals surface area (Å²) in [6.07, 6.45) is 1.69. The zero-order valence-corrected chi connectivity index (χ0v) is 9.91. The quantitative estimate of drug-likeness (QED) is 0.823. The highest BCUT2D eigenvalue weighted by Gasteiger charge is 2.04. The van der Waals surface area contributed by atoms with Gasteiger partial charge in [0.15, 0.2) is 0 Å². The second kappa shape index (κ2) is 4.41. The van der Waals surface area contributed by atoms with Gasteiger partial charge in [0.2, 0.25) is 0 Å². The molecule has 1 N–H and O–H groups in total. The van der Waals surface area contributed by atoms with Crippen LogP contribution in [-0.2, 0) is 4.74 Å². The molecule has 0 aromatic carbocycles. The Hall–Kier alpha value is -2.10. The summed E-state index contributed by atoms with van der Waals surface area (Å²) in [6.45, 7) is 8.01. The number of nitrogens with one attached hydrogen (secondary N) is 1. The number of pyridine rings is 2. The van der Waals surface area contributed by atoms with Crippen LogP contribution in [0.3, 0.4) is 0 Å². The van der Waals surface area contributed by atoms with E-state index in [2.05, 4.69) is 16.5 Å². The fourth-order valence-electron chi connectivity index (χ4n) is 1.59. The molecule has 2 rings (SSSR count). The molecular formula is C13H14N2O2. The average molecular weight is 230 g/mol. The average Bonchev–Trinajstić information content (AvgIpc) is 2.30. The number of nitrogens with zero attached hydrogens (tertiary/aromatic N) is 1. The topological polar surface area (TPSA) is 55.0 Å². The van der Waals surface area contributed by atoms with Crippen LogP contribution in [0.15, 0.2) is 29.7 Å². The maximum Gasteiger partial charge on any atom is 0.251 e. The van der Waals surface area contributed by atoms with Crippen LogP contribution in [0.5, 0.6) is 0 Å². The van der Waals surface area contributed by atoms with Crippen LogP contribution in [-0.4, -0.2) is 16.6 Å². The van der Waals surface area contributed by atoms with Gasteiger partial charge in [0.1, 0.15) is 5.76 Å². The SMILES string of the molecule is C=C(OCC)c1cnc2cc(C)c(=O)[nH]c2c1. The molecule has 0 atom stereocenters. The van der Waals surface area contributed by atoms with E-state index in [1.807, 2.05) is 13.0 Å². The van der Waals surface area contributed by atoms with Crippen molar-refractivity contribution in [2.75, 3.05) is 6.61 Å². The molecule has 0 aliphatic rings. The molecule has 0 unspecified atom stereocenters. The van der Waals surface area contributed by atoms with Crippen molar-refractivity contribution in [3.63, 3.8) is 0 Å². The van der Waals surface area contributed by atoms with E-state index in [0.29, 0.717) is 23.4 Å². The first-order valence-electron chi connectivity index (χ1n) is 5.43. The number of ether oxygens (including phenoxy) is 1. The zero-order chi connectivity index (χ0) is 12.4. The summed E-state index contributed by atoms with van der Waals surface area (Å²) < 4.78 is 5.30. The Labute approximate surface area is 99.0 Å². The lowest BCUT2D eigenvalue weighted by atomic mass is 10.2. The number of hydrogen-bond donors (Lipinski definition) is 1. The van der Waals surface area contributed by atoms with Crippen molar-refractivity contribution < 1.29 is 4.74 Å². The molecule has 2 aromatic rings. The normalized spacial score (nSPS) is 10.5. The lowest BCUT2D eigenvalue weighted by molar-refractivity contribution is 0.299. The molecule has 0 aliphatic heterocycles. The zero-order valence-electron chi connectivity index (χ0n) is 9.91. The van der Waals surface area contributed by atoms with Crippen molar-refractivity contribution in [1.29, 1.82) is 0 Å². The second-order valence-corrected chi connectivity index (χ2v) is 3.79.